The van der Waals surface area contributed by atoms with E-state index in [9.17, 15) is 23.3 Å². The predicted octanol–water partition coefficient (Wildman–Crippen LogP) is 2.95. The first-order valence-electron chi connectivity index (χ1n) is 8.98. The summed E-state index contributed by atoms with van der Waals surface area (Å²) in [4.78, 5) is 24.8. The van der Waals surface area contributed by atoms with Gasteiger partial charge in [-0.3, -0.25) is 19.6 Å². The number of anilines is 1. The molecule has 1 fully saturated rings. The van der Waals surface area contributed by atoms with E-state index in [0.29, 0.717) is 13.1 Å². The van der Waals surface area contributed by atoms with E-state index >= 15 is 0 Å². The number of nitro benzene ring substituents is 1. The lowest BCUT2D eigenvalue weighted by Gasteiger charge is -2.18. The quantitative estimate of drug-likeness (QED) is 0.568. The van der Waals surface area contributed by atoms with Crippen LogP contribution in [0, 0.1) is 17.0 Å². The fourth-order valence-corrected chi connectivity index (χ4v) is 4.40. The zero-order valence-electron chi connectivity index (χ0n) is 16.0. The van der Waals surface area contributed by atoms with Crippen molar-refractivity contribution in [3.63, 3.8) is 0 Å². The molecule has 2 aromatic carbocycles. The number of sulfonamides is 1. The van der Waals surface area contributed by atoms with Crippen molar-refractivity contribution in [2.24, 2.45) is 0 Å². The summed E-state index contributed by atoms with van der Waals surface area (Å²) in [5, 5.41) is 11.1. The van der Waals surface area contributed by atoms with Gasteiger partial charge in [0.1, 0.15) is 5.75 Å². The minimum atomic E-state index is -4.08. The Morgan fingerprint density at radius 3 is 2.52 bits per heavy atom. The van der Waals surface area contributed by atoms with Gasteiger partial charge in [0, 0.05) is 19.2 Å². The third-order valence-electron chi connectivity index (χ3n) is 4.85. The number of ether oxygens (including phenoxy) is 1. The van der Waals surface area contributed by atoms with Crippen molar-refractivity contribution >= 4 is 27.3 Å². The van der Waals surface area contributed by atoms with Gasteiger partial charge in [0.05, 0.1) is 33.7 Å². The average Bonchev–Trinajstić information content (AvgIpc) is 3.23. The molecule has 0 bridgehead atoms. The number of likely N-dealkylation sites (tertiary alicyclic amines) is 1. The third-order valence-corrected chi connectivity index (χ3v) is 6.21. The van der Waals surface area contributed by atoms with Crippen molar-refractivity contribution in [3.05, 3.63) is 57.6 Å². The normalized spacial score (nSPS) is 13.9. The number of hydrogen-bond acceptors (Lipinski definition) is 6. The van der Waals surface area contributed by atoms with Crippen LogP contribution < -0.4 is 9.46 Å². The monoisotopic (exact) mass is 419 g/mol. The Bertz CT molecular complexity index is 1060. The molecular formula is C19H21N3O6S. The van der Waals surface area contributed by atoms with Crippen molar-refractivity contribution < 1.29 is 22.9 Å². The highest BCUT2D eigenvalue weighted by Gasteiger charge is 2.26. The first-order chi connectivity index (χ1) is 13.7. The van der Waals surface area contributed by atoms with Crippen molar-refractivity contribution in [2.75, 3.05) is 24.9 Å². The molecule has 1 N–H and O–H groups in total. The lowest BCUT2D eigenvalue weighted by molar-refractivity contribution is -0.385. The van der Waals surface area contributed by atoms with E-state index in [0.717, 1.165) is 12.8 Å². The van der Waals surface area contributed by atoms with Crippen LogP contribution in [0.25, 0.3) is 0 Å². The number of amides is 1. The van der Waals surface area contributed by atoms with Gasteiger partial charge in [-0.1, -0.05) is 6.07 Å². The summed E-state index contributed by atoms with van der Waals surface area (Å²) in [6, 6.07) is 8.17. The fraction of sp³-hybridized carbons (Fsp3) is 0.316. The molecule has 0 unspecified atom stereocenters. The Morgan fingerprint density at radius 1 is 1.21 bits per heavy atom. The third kappa shape index (κ3) is 4.16. The topological polar surface area (TPSA) is 119 Å². The zero-order valence-corrected chi connectivity index (χ0v) is 16.9. The highest BCUT2D eigenvalue weighted by Crippen LogP contribution is 2.29. The van der Waals surface area contributed by atoms with Crippen molar-refractivity contribution in [2.45, 2.75) is 24.7 Å². The van der Waals surface area contributed by atoms with Crippen LogP contribution in [0.15, 0.2) is 41.3 Å². The molecule has 10 heteroatoms. The molecule has 1 heterocycles. The fourth-order valence-electron chi connectivity index (χ4n) is 3.25. The zero-order chi connectivity index (χ0) is 21.2. The van der Waals surface area contributed by atoms with Crippen LogP contribution in [0.3, 0.4) is 0 Å². The van der Waals surface area contributed by atoms with E-state index in [1.807, 2.05) is 0 Å². The Balaban J connectivity index is 1.97. The maximum absolute atomic E-state index is 12.9. The molecule has 1 aliphatic heterocycles. The van der Waals surface area contributed by atoms with Gasteiger partial charge in [-0.2, -0.15) is 0 Å². The van der Waals surface area contributed by atoms with Gasteiger partial charge in [-0.05, 0) is 44.0 Å². The standard InChI is InChI=1S/C19H21N3O6S/c1-13-16(6-5-7-17(13)22(24)25)20-29(26,27)14-8-9-18(28-2)15(12-14)19(23)21-10-3-4-11-21/h5-9,12,20H,3-4,10-11H2,1-2H3. The Hall–Kier alpha value is -3.14. The van der Waals surface area contributed by atoms with Gasteiger partial charge in [-0.15, -0.1) is 0 Å². The van der Waals surface area contributed by atoms with Crippen LogP contribution in [-0.4, -0.2) is 44.3 Å². The number of nitro groups is 1. The maximum Gasteiger partial charge on any atom is 0.274 e. The van der Waals surface area contributed by atoms with Crippen LogP contribution in [-0.2, 0) is 10.0 Å². The number of rotatable bonds is 6. The second-order valence-electron chi connectivity index (χ2n) is 6.67. The van der Waals surface area contributed by atoms with E-state index in [1.165, 1.54) is 50.4 Å². The highest BCUT2D eigenvalue weighted by atomic mass is 32.2. The SMILES string of the molecule is COc1ccc(S(=O)(=O)Nc2cccc([N+](=O)[O-])c2C)cc1C(=O)N1CCCC1. The van der Waals surface area contributed by atoms with Gasteiger partial charge >= 0.3 is 0 Å². The van der Waals surface area contributed by atoms with E-state index in [4.69, 9.17) is 4.74 Å². The van der Waals surface area contributed by atoms with Crippen molar-refractivity contribution in [1.29, 1.82) is 0 Å². The lowest BCUT2D eigenvalue weighted by atomic mass is 10.1. The van der Waals surface area contributed by atoms with E-state index in [2.05, 4.69) is 4.72 Å². The molecule has 2 aromatic rings. The van der Waals surface area contributed by atoms with Gasteiger partial charge in [-0.25, -0.2) is 8.42 Å². The van der Waals surface area contributed by atoms with Crippen molar-refractivity contribution in [1.82, 2.24) is 4.90 Å². The molecule has 9 nitrogen and oxygen atoms in total. The largest absolute Gasteiger partial charge is 0.496 e. The Morgan fingerprint density at radius 2 is 1.90 bits per heavy atom. The van der Waals surface area contributed by atoms with E-state index in [-0.39, 0.29) is 39.1 Å². The lowest BCUT2D eigenvalue weighted by Crippen LogP contribution is -2.28. The number of carbonyl (C=O) groups excluding carboxylic acids is 1. The van der Waals surface area contributed by atoms with Crippen molar-refractivity contribution in [3.8, 4) is 5.75 Å². The Labute approximate surface area is 168 Å². The molecule has 1 aliphatic rings. The number of nitrogens with one attached hydrogen (secondary N) is 1. The first-order valence-corrected chi connectivity index (χ1v) is 10.5. The summed E-state index contributed by atoms with van der Waals surface area (Å²) in [5.41, 5.74) is 0.267. The molecule has 1 amide bonds. The van der Waals surface area contributed by atoms with Gasteiger partial charge in [0.2, 0.25) is 0 Å². The minimum absolute atomic E-state index is 0.0995. The van der Waals surface area contributed by atoms with Crippen LogP contribution in [0.5, 0.6) is 5.75 Å². The number of carbonyl (C=O) groups is 1. The molecule has 0 aromatic heterocycles. The smallest absolute Gasteiger partial charge is 0.274 e. The van der Waals surface area contributed by atoms with Gasteiger partial charge < -0.3 is 9.64 Å². The number of methoxy groups -OCH3 is 1. The maximum atomic E-state index is 12.9. The summed E-state index contributed by atoms with van der Waals surface area (Å²) in [6.45, 7) is 2.69. The first kappa shape index (κ1) is 20.6. The van der Waals surface area contributed by atoms with Crippen LogP contribution in [0.2, 0.25) is 0 Å². The molecule has 154 valence electrons. The number of nitrogens with zero attached hydrogens (tertiary/aromatic N) is 2. The van der Waals surface area contributed by atoms with E-state index in [1.54, 1.807) is 4.90 Å². The molecule has 29 heavy (non-hydrogen) atoms. The number of hydrogen-bond donors (Lipinski definition) is 1. The molecule has 0 atom stereocenters. The summed E-state index contributed by atoms with van der Waals surface area (Å²) in [5.74, 6) is -0.00434. The molecule has 0 radical (unpaired) electrons. The summed E-state index contributed by atoms with van der Waals surface area (Å²) < 4.78 is 33.4. The Kier molecular flexibility index (Phi) is 5.73. The van der Waals surface area contributed by atoms with Crippen LogP contribution in [0.1, 0.15) is 28.8 Å². The highest BCUT2D eigenvalue weighted by molar-refractivity contribution is 7.92. The second kappa shape index (κ2) is 8.08. The molecule has 0 aliphatic carbocycles. The van der Waals surface area contributed by atoms with Gasteiger partial charge in [0.15, 0.2) is 0 Å². The van der Waals surface area contributed by atoms with E-state index < -0.39 is 14.9 Å². The molecular weight excluding hydrogens is 398 g/mol. The summed E-state index contributed by atoms with van der Waals surface area (Å²) >= 11 is 0. The molecule has 1 saturated heterocycles. The average molecular weight is 419 g/mol. The van der Waals surface area contributed by atoms with Crippen LogP contribution >= 0.6 is 0 Å². The summed E-state index contributed by atoms with van der Waals surface area (Å²) in [7, 11) is -2.67. The summed E-state index contributed by atoms with van der Waals surface area (Å²) in [6.07, 6.45) is 1.80. The van der Waals surface area contributed by atoms with Crippen LogP contribution in [0.4, 0.5) is 11.4 Å². The predicted molar refractivity (Wildman–Crippen MR) is 107 cm³/mol. The number of benzene rings is 2. The van der Waals surface area contributed by atoms with Gasteiger partial charge in [0.25, 0.3) is 21.6 Å². The molecule has 3 rings (SSSR count). The second-order valence-corrected chi connectivity index (χ2v) is 8.36. The minimum Gasteiger partial charge on any atom is -0.496 e. The molecule has 0 spiro atoms. The molecule has 0 saturated carbocycles.